The third kappa shape index (κ3) is 3.67. The van der Waals surface area contributed by atoms with Gasteiger partial charge in [-0.2, -0.15) is 5.10 Å². The highest BCUT2D eigenvalue weighted by molar-refractivity contribution is 7.90. The number of aromatic amines is 1. The molecule has 0 bridgehead atoms. The van der Waals surface area contributed by atoms with Gasteiger partial charge >= 0.3 is 0 Å². The molecule has 136 valence electrons. The average molecular weight is 396 g/mol. The molecule has 0 saturated heterocycles. The molecule has 0 amide bonds. The van der Waals surface area contributed by atoms with Crippen LogP contribution in [0.4, 0.5) is 0 Å². The molecule has 2 aromatic carbocycles. The van der Waals surface area contributed by atoms with Gasteiger partial charge in [0.2, 0.25) is 9.84 Å². The monoisotopic (exact) mass is 396 g/mol. The Morgan fingerprint density at radius 1 is 0.963 bits per heavy atom. The molecule has 4 rings (SSSR count). The lowest BCUT2D eigenvalue weighted by Crippen LogP contribution is -2.07. The Morgan fingerprint density at radius 2 is 1.70 bits per heavy atom. The van der Waals surface area contributed by atoms with E-state index < -0.39 is 9.84 Å². The fourth-order valence-corrected chi connectivity index (χ4v) is 5.26. The zero-order valence-electron chi connectivity index (χ0n) is 14.5. The third-order valence-corrected chi connectivity index (χ3v) is 6.82. The highest BCUT2D eigenvalue weighted by Crippen LogP contribution is 2.29. The topological polar surface area (TPSA) is 88.6 Å². The molecule has 0 saturated carbocycles. The molecule has 0 aliphatic heterocycles. The molecule has 27 heavy (non-hydrogen) atoms. The Balaban J connectivity index is 1.62. The van der Waals surface area contributed by atoms with Gasteiger partial charge in [0.15, 0.2) is 5.03 Å². The second kappa shape index (κ2) is 7.05. The average Bonchev–Trinajstić information content (AvgIpc) is 3.33. The van der Waals surface area contributed by atoms with Crippen molar-refractivity contribution in [3.63, 3.8) is 0 Å². The Kier molecular flexibility index (Phi) is 4.59. The van der Waals surface area contributed by atoms with Gasteiger partial charge in [-0.15, -0.1) is 10.2 Å². The van der Waals surface area contributed by atoms with Gasteiger partial charge < -0.3 is 0 Å². The van der Waals surface area contributed by atoms with E-state index in [2.05, 4.69) is 20.4 Å². The first-order chi connectivity index (χ1) is 13.0. The Hall–Kier alpha value is -2.84. The van der Waals surface area contributed by atoms with Crippen molar-refractivity contribution in [2.45, 2.75) is 17.7 Å². The molecule has 2 aromatic heterocycles. The van der Waals surface area contributed by atoms with Crippen molar-refractivity contribution in [2.75, 3.05) is 0 Å². The summed E-state index contributed by atoms with van der Waals surface area (Å²) in [5, 5.41) is 16.0. The van der Waals surface area contributed by atoms with Gasteiger partial charge in [-0.25, -0.2) is 8.42 Å². The van der Waals surface area contributed by atoms with Crippen molar-refractivity contribution in [3.8, 4) is 21.7 Å². The number of nitrogens with one attached hydrogen (secondary N) is 1. The summed E-state index contributed by atoms with van der Waals surface area (Å²) < 4.78 is 25.8. The van der Waals surface area contributed by atoms with E-state index in [4.69, 9.17) is 0 Å². The third-order valence-electron chi connectivity index (χ3n) is 4.08. The van der Waals surface area contributed by atoms with Gasteiger partial charge in [0.25, 0.3) is 0 Å². The summed E-state index contributed by atoms with van der Waals surface area (Å²) in [5.41, 5.74) is 3.42. The number of hydrogen-bond donors (Lipinski definition) is 1. The lowest BCUT2D eigenvalue weighted by molar-refractivity contribution is 0.591. The normalized spacial score (nSPS) is 11.6. The Bertz CT molecular complexity index is 1160. The van der Waals surface area contributed by atoms with Crippen LogP contribution in [0, 0.1) is 6.92 Å². The fraction of sp³-hybridized carbons (Fsp3) is 0.105. The van der Waals surface area contributed by atoms with Crippen LogP contribution in [0.2, 0.25) is 0 Å². The summed E-state index contributed by atoms with van der Waals surface area (Å²) in [6.07, 6.45) is 1.53. The molecular weight excluding hydrogens is 380 g/mol. The standard InChI is InChI=1S/C19H16N4O2S2/c1-13-7-9-15(10-8-13)18-22-21-17(26-18)12-27(24,25)19-16(11-20-23-19)14-5-3-2-4-6-14/h2-11H,12H2,1H3,(H,20,23). The predicted octanol–water partition coefficient (Wildman–Crippen LogP) is 3.88. The molecule has 0 atom stereocenters. The maximum absolute atomic E-state index is 12.9. The SMILES string of the molecule is Cc1ccc(-c2nnc(CS(=O)(=O)c3[nH]ncc3-c3ccccc3)s2)cc1. The molecule has 0 aliphatic rings. The van der Waals surface area contributed by atoms with Gasteiger partial charge in [0.05, 0.1) is 6.20 Å². The predicted molar refractivity (Wildman–Crippen MR) is 105 cm³/mol. The second-order valence-corrected chi connectivity index (χ2v) is 9.09. The van der Waals surface area contributed by atoms with Gasteiger partial charge in [-0.1, -0.05) is 71.5 Å². The van der Waals surface area contributed by atoms with Crippen LogP contribution in [-0.4, -0.2) is 28.8 Å². The Labute approximate surface area is 160 Å². The van der Waals surface area contributed by atoms with E-state index in [1.807, 2.05) is 61.5 Å². The minimum absolute atomic E-state index is 0.0979. The molecular formula is C19H16N4O2S2. The first-order valence-electron chi connectivity index (χ1n) is 8.24. The smallest absolute Gasteiger partial charge is 0.202 e. The number of hydrogen-bond acceptors (Lipinski definition) is 6. The lowest BCUT2D eigenvalue weighted by atomic mass is 10.1. The van der Waals surface area contributed by atoms with Crippen molar-refractivity contribution in [3.05, 3.63) is 71.4 Å². The number of aryl methyl sites for hydroxylation is 1. The van der Waals surface area contributed by atoms with Crippen LogP contribution in [0.3, 0.4) is 0 Å². The van der Waals surface area contributed by atoms with E-state index >= 15 is 0 Å². The number of benzene rings is 2. The first kappa shape index (κ1) is 17.6. The maximum Gasteiger partial charge on any atom is 0.202 e. The van der Waals surface area contributed by atoms with Gasteiger partial charge in [0, 0.05) is 11.1 Å². The molecule has 1 N–H and O–H groups in total. The van der Waals surface area contributed by atoms with Crippen LogP contribution < -0.4 is 0 Å². The van der Waals surface area contributed by atoms with Crippen molar-refractivity contribution < 1.29 is 8.42 Å². The number of H-pyrrole nitrogens is 1. The highest BCUT2D eigenvalue weighted by Gasteiger charge is 2.24. The van der Waals surface area contributed by atoms with Crippen LogP contribution in [0.25, 0.3) is 21.7 Å². The zero-order valence-corrected chi connectivity index (χ0v) is 16.1. The van der Waals surface area contributed by atoms with E-state index in [1.54, 1.807) is 0 Å². The largest absolute Gasteiger partial charge is 0.267 e. The maximum atomic E-state index is 12.9. The summed E-state index contributed by atoms with van der Waals surface area (Å²) in [5.74, 6) is -0.224. The van der Waals surface area contributed by atoms with E-state index in [9.17, 15) is 8.42 Å². The molecule has 2 heterocycles. The van der Waals surface area contributed by atoms with E-state index in [1.165, 1.54) is 17.5 Å². The van der Waals surface area contributed by atoms with Crippen molar-refractivity contribution in [1.82, 2.24) is 20.4 Å². The van der Waals surface area contributed by atoms with E-state index in [0.29, 0.717) is 15.6 Å². The van der Waals surface area contributed by atoms with Crippen molar-refractivity contribution in [1.29, 1.82) is 0 Å². The molecule has 6 nitrogen and oxygen atoms in total. The summed E-state index contributed by atoms with van der Waals surface area (Å²) in [6, 6.07) is 17.2. The van der Waals surface area contributed by atoms with Gasteiger partial charge in [0.1, 0.15) is 15.8 Å². The highest BCUT2D eigenvalue weighted by atomic mass is 32.2. The molecule has 0 fully saturated rings. The molecule has 0 unspecified atom stereocenters. The van der Waals surface area contributed by atoms with Crippen LogP contribution in [-0.2, 0) is 15.6 Å². The molecule has 4 aromatic rings. The van der Waals surface area contributed by atoms with Crippen LogP contribution in [0.15, 0.2) is 65.8 Å². The van der Waals surface area contributed by atoms with Crippen molar-refractivity contribution >= 4 is 21.2 Å². The summed E-state index contributed by atoms with van der Waals surface area (Å²) >= 11 is 1.28. The molecule has 8 heteroatoms. The molecule has 0 spiro atoms. The zero-order chi connectivity index (χ0) is 18.9. The summed E-state index contributed by atoms with van der Waals surface area (Å²) in [4.78, 5) is 0. The van der Waals surface area contributed by atoms with Gasteiger partial charge in [-0.3, -0.25) is 5.10 Å². The lowest BCUT2D eigenvalue weighted by Gasteiger charge is -2.03. The Morgan fingerprint density at radius 3 is 2.44 bits per heavy atom. The first-order valence-corrected chi connectivity index (χ1v) is 10.7. The van der Waals surface area contributed by atoms with Gasteiger partial charge in [-0.05, 0) is 12.5 Å². The van der Waals surface area contributed by atoms with Crippen LogP contribution in [0.1, 0.15) is 10.6 Å². The summed E-state index contributed by atoms with van der Waals surface area (Å²) in [7, 11) is -3.63. The summed E-state index contributed by atoms with van der Waals surface area (Å²) in [6.45, 7) is 2.01. The number of sulfone groups is 1. The minimum atomic E-state index is -3.63. The quantitative estimate of drug-likeness (QED) is 0.553. The van der Waals surface area contributed by atoms with Crippen LogP contribution >= 0.6 is 11.3 Å². The minimum Gasteiger partial charge on any atom is -0.267 e. The molecule has 0 radical (unpaired) electrons. The number of rotatable bonds is 5. The number of nitrogens with zero attached hydrogens (tertiary/aromatic N) is 3. The van der Waals surface area contributed by atoms with Crippen molar-refractivity contribution in [2.24, 2.45) is 0 Å². The second-order valence-electron chi connectivity index (χ2n) is 6.10. The van der Waals surface area contributed by atoms with E-state index in [-0.39, 0.29) is 10.8 Å². The van der Waals surface area contributed by atoms with Crippen LogP contribution in [0.5, 0.6) is 0 Å². The fourth-order valence-electron chi connectivity index (χ4n) is 2.69. The molecule has 0 aliphatic carbocycles. The van der Waals surface area contributed by atoms with E-state index in [0.717, 1.165) is 16.7 Å². The number of aromatic nitrogens is 4.